The Morgan fingerprint density at radius 2 is 2.06 bits per heavy atom. The van der Waals surface area contributed by atoms with Crippen LogP contribution in [-0.2, 0) is 14.9 Å². The van der Waals surface area contributed by atoms with E-state index < -0.39 is 21.9 Å². The minimum atomic E-state index is -3.72. The van der Waals surface area contributed by atoms with Gasteiger partial charge in [0.25, 0.3) is 10.2 Å². The Hall–Kier alpha value is -0.860. The molecule has 0 aliphatic carbocycles. The zero-order chi connectivity index (χ0) is 13.3. The van der Waals surface area contributed by atoms with Gasteiger partial charge in [-0.3, -0.25) is 0 Å². The number of carbonyl (C=O) groups excluding carboxylic acids is 1. The van der Waals surface area contributed by atoms with Crippen LogP contribution in [0.15, 0.2) is 0 Å². The van der Waals surface area contributed by atoms with Crippen LogP contribution in [0.1, 0.15) is 27.2 Å². The molecule has 0 bridgehead atoms. The standard InChI is InChI=1S/C9H19N3O4S/c1-9(2,3)16-8(13)12-5-4-7(6-12)11-17(10,14)15/h7,11H,4-6H2,1-3H3,(H2,10,14,15)/t7-/m0/s1. The second kappa shape index (κ2) is 4.79. The minimum Gasteiger partial charge on any atom is -0.444 e. The highest BCUT2D eigenvalue weighted by Gasteiger charge is 2.30. The number of nitrogens with one attached hydrogen (secondary N) is 1. The summed E-state index contributed by atoms with van der Waals surface area (Å²) in [4.78, 5) is 13.1. The highest BCUT2D eigenvalue weighted by Crippen LogP contribution is 2.15. The quantitative estimate of drug-likeness (QED) is 0.721. The van der Waals surface area contributed by atoms with Gasteiger partial charge in [-0.1, -0.05) is 0 Å². The van der Waals surface area contributed by atoms with Gasteiger partial charge in [0.05, 0.1) is 0 Å². The van der Waals surface area contributed by atoms with E-state index in [0.29, 0.717) is 13.0 Å². The van der Waals surface area contributed by atoms with E-state index in [2.05, 4.69) is 4.72 Å². The maximum atomic E-state index is 11.7. The summed E-state index contributed by atoms with van der Waals surface area (Å²) in [7, 11) is -3.72. The highest BCUT2D eigenvalue weighted by atomic mass is 32.2. The third-order valence-corrected chi connectivity index (χ3v) is 2.83. The molecule has 0 unspecified atom stereocenters. The lowest BCUT2D eigenvalue weighted by atomic mass is 10.2. The summed E-state index contributed by atoms with van der Waals surface area (Å²) in [6.07, 6.45) is 0.103. The van der Waals surface area contributed by atoms with E-state index >= 15 is 0 Å². The van der Waals surface area contributed by atoms with Gasteiger partial charge in [0.1, 0.15) is 5.60 Å². The molecule has 0 aromatic carbocycles. The fourth-order valence-corrected chi connectivity index (χ4v) is 2.24. The molecule has 1 heterocycles. The van der Waals surface area contributed by atoms with Crippen molar-refractivity contribution in [3.63, 3.8) is 0 Å². The smallest absolute Gasteiger partial charge is 0.410 e. The van der Waals surface area contributed by atoms with Gasteiger partial charge in [0, 0.05) is 19.1 Å². The number of likely N-dealkylation sites (tertiary alicyclic amines) is 1. The van der Waals surface area contributed by atoms with Gasteiger partial charge >= 0.3 is 6.09 Å². The zero-order valence-corrected chi connectivity index (χ0v) is 11.1. The number of hydrogen-bond donors (Lipinski definition) is 2. The third kappa shape index (κ3) is 5.33. The molecular weight excluding hydrogens is 246 g/mol. The van der Waals surface area contributed by atoms with Crippen LogP contribution in [0.25, 0.3) is 0 Å². The summed E-state index contributed by atoms with van der Waals surface area (Å²) < 4.78 is 29.1. The van der Waals surface area contributed by atoms with Crippen molar-refractivity contribution in [2.24, 2.45) is 5.14 Å². The predicted octanol–water partition coefficient (Wildman–Crippen LogP) is -0.211. The normalized spacial score (nSPS) is 21.6. The number of nitrogens with zero attached hydrogens (tertiary/aromatic N) is 1. The van der Waals surface area contributed by atoms with Gasteiger partial charge in [-0.2, -0.15) is 13.1 Å². The van der Waals surface area contributed by atoms with E-state index in [1.807, 2.05) is 0 Å². The predicted molar refractivity (Wildman–Crippen MR) is 62.5 cm³/mol. The molecule has 0 radical (unpaired) electrons. The average Bonchev–Trinajstić information content (AvgIpc) is 2.45. The maximum absolute atomic E-state index is 11.7. The van der Waals surface area contributed by atoms with Gasteiger partial charge in [-0.15, -0.1) is 0 Å². The van der Waals surface area contributed by atoms with Crippen molar-refractivity contribution in [3.8, 4) is 0 Å². The molecule has 7 nitrogen and oxygen atoms in total. The average molecular weight is 265 g/mol. The van der Waals surface area contributed by atoms with Crippen LogP contribution >= 0.6 is 0 Å². The molecule has 0 spiro atoms. The molecule has 0 aromatic heterocycles. The second-order valence-electron chi connectivity index (χ2n) is 5.07. The van der Waals surface area contributed by atoms with Crippen molar-refractivity contribution in [1.82, 2.24) is 9.62 Å². The Balaban J connectivity index is 2.48. The molecule has 0 aromatic rings. The first-order chi connectivity index (χ1) is 7.57. The maximum Gasteiger partial charge on any atom is 0.410 e. The number of ether oxygens (including phenoxy) is 1. The van der Waals surface area contributed by atoms with Gasteiger partial charge in [-0.25, -0.2) is 9.93 Å². The fraction of sp³-hybridized carbons (Fsp3) is 0.889. The summed E-state index contributed by atoms with van der Waals surface area (Å²) in [5.41, 5.74) is -0.553. The molecule has 100 valence electrons. The molecule has 1 aliphatic rings. The molecule has 1 aliphatic heterocycles. The molecule has 3 N–H and O–H groups in total. The number of rotatable bonds is 2. The Kier molecular flexibility index (Phi) is 4.00. The first-order valence-corrected chi connectivity index (χ1v) is 6.89. The van der Waals surface area contributed by atoms with Crippen molar-refractivity contribution in [1.29, 1.82) is 0 Å². The van der Waals surface area contributed by atoms with E-state index in [1.54, 1.807) is 20.8 Å². The Labute approximate surface area is 101 Å². The van der Waals surface area contributed by atoms with Crippen LogP contribution in [0.2, 0.25) is 0 Å². The number of carbonyl (C=O) groups is 1. The SMILES string of the molecule is CC(C)(C)OC(=O)N1CC[C@H](NS(N)(=O)=O)C1. The first-order valence-electron chi connectivity index (χ1n) is 5.35. The summed E-state index contributed by atoms with van der Waals surface area (Å²) >= 11 is 0. The second-order valence-corrected chi connectivity index (χ2v) is 6.40. The van der Waals surface area contributed by atoms with E-state index in [4.69, 9.17) is 9.88 Å². The summed E-state index contributed by atoms with van der Waals surface area (Å²) in [6.45, 7) is 6.08. The van der Waals surface area contributed by atoms with E-state index in [9.17, 15) is 13.2 Å². The monoisotopic (exact) mass is 265 g/mol. The molecule has 1 rings (SSSR count). The van der Waals surface area contributed by atoms with Crippen LogP contribution in [-0.4, -0.2) is 44.1 Å². The van der Waals surface area contributed by atoms with Crippen molar-refractivity contribution in [2.75, 3.05) is 13.1 Å². The van der Waals surface area contributed by atoms with Crippen molar-refractivity contribution < 1.29 is 17.9 Å². The number of nitrogens with two attached hydrogens (primary N) is 1. The Morgan fingerprint density at radius 1 is 1.47 bits per heavy atom. The molecular formula is C9H19N3O4S. The molecule has 1 saturated heterocycles. The lowest BCUT2D eigenvalue weighted by Crippen LogP contribution is -2.42. The first kappa shape index (κ1) is 14.2. The summed E-state index contributed by atoms with van der Waals surface area (Å²) in [6, 6.07) is -0.336. The van der Waals surface area contributed by atoms with Gasteiger partial charge < -0.3 is 9.64 Å². The third-order valence-electron chi connectivity index (χ3n) is 2.17. The topological polar surface area (TPSA) is 102 Å². The summed E-state index contributed by atoms with van der Waals surface area (Å²) in [5, 5.41) is 4.87. The Bertz CT molecular complexity index is 388. The van der Waals surface area contributed by atoms with Crippen LogP contribution in [0.4, 0.5) is 4.79 Å². The molecule has 17 heavy (non-hydrogen) atoms. The highest BCUT2D eigenvalue weighted by molar-refractivity contribution is 7.87. The van der Waals surface area contributed by atoms with Crippen LogP contribution in [0.3, 0.4) is 0 Å². The van der Waals surface area contributed by atoms with Crippen molar-refractivity contribution >= 4 is 16.3 Å². The van der Waals surface area contributed by atoms with Crippen molar-refractivity contribution in [3.05, 3.63) is 0 Å². The lowest BCUT2D eigenvalue weighted by molar-refractivity contribution is 0.0292. The Morgan fingerprint density at radius 3 is 2.53 bits per heavy atom. The summed E-state index contributed by atoms with van der Waals surface area (Å²) in [5.74, 6) is 0. The van der Waals surface area contributed by atoms with Gasteiger partial charge in [0.15, 0.2) is 0 Å². The zero-order valence-electron chi connectivity index (χ0n) is 10.3. The number of amides is 1. The van der Waals surface area contributed by atoms with Crippen molar-refractivity contribution in [2.45, 2.75) is 38.8 Å². The van der Waals surface area contributed by atoms with E-state index in [1.165, 1.54) is 4.90 Å². The lowest BCUT2D eigenvalue weighted by Gasteiger charge is -2.24. The number of hydrogen-bond acceptors (Lipinski definition) is 4. The molecule has 1 fully saturated rings. The van der Waals surface area contributed by atoms with Gasteiger partial charge in [0.2, 0.25) is 0 Å². The largest absolute Gasteiger partial charge is 0.444 e. The van der Waals surface area contributed by atoms with Crippen LogP contribution in [0, 0.1) is 0 Å². The van der Waals surface area contributed by atoms with Crippen LogP contribution < -0.4 is 9.86 Å². The van der Waals surface area contributed by atoms with Crippen LogP contribution in [0.5, 0.6) is 0 Å². The van der Waals surface area contributed by atoms with E-state index in [-0.39, 0.29) is 12.6 Å². The molecule has 1 atom stereocenters. The fourth-order valence-electron chi connectivity index (χ4n) is 1.58. The molecule has 1 amide bonds. The molecule has 0 saturated carbocycles. The minimum absolute atomic E-state index is 0.283. The van der Waals surface area contributed by atoms with E-state index in [0.717, 1.165) is 0 Å². The molecule has 8 heteroatoms. The van der Waals surface area contributed by atoms with Gasteiger partial charge in [-0.05, 0) is 27.2 Å².